The second-order valence-electron chi connectivity index (χ2n) is 4.02. The molecule has 0 amide bonds. The van der Waals surface area contributed by atoms with Crippen LogP contribution in [0.4, 0.5) is 0 Å². The molecule has 82 valence electrons. The van der Waals surface area contributed by atoms with Gasteiger partial charge >= 0.3 is 0 Å². The highest BCUT2D eigenvalue weighted by atomic mass is 79.9. The third kappa shape index (κ3) is 2.16. The number of rotatable bonds is 2. The SMILES string of the molecule is CC1(c2ccc(Br)o2)CCCC(C=O)O1. The first-order valence-corrected chi connectivity index (χ1v) is 5.82. The number of halogens is 1. The van der Waals surface area contributed by atoms with Crippen LogP contribution in [0.15, 0.2) is 21.2 Å². The highest BCUT2D eigenvalue weighted by Crippen LogP contribution is 2.38. The van der Waals surface area contributed by atoms with E-state index in [2.05, 4.69) is 15.9 Å². The normalized spacial score (nSPS) is 31.5. The molecular formula is C11H13BrO3. The lowest BCUT2D eigenvalue weighted by atomic mass is 9.91. The molecule has 3 nitrogen and oxygen atoms in total. The number of carbonyl (C=O) groups excluding carboxylic acids is 1. The van der Waals surface area contributed by atoms with Gasteiger partial charge in [-0.3, -0.25) is 0 Å². The van der Waals surface area contributed by atoms with E-state index in [1.165, 1.54) is 0 Å². The summed E-state index contributed by atoms with van der Waals surface area (Å²) in [5.74, 6) is 0.779. The Balaban J connectivity index is 2.21. The molecule has 4 heteroatoms. The highest BCUT2D eigenvalue weighted by Gasteiger charge is 2.37. The second kappa shape index (κ2) is 4.10. The minimum Gasteiger partial charge on any atom is -0.451 e. The van der Waals surface area contributed by atoms with E-state index >= 15 is 0 Å². The lowest BCUT2D eigenvalue weighted by Crippen LogP contribution is -2.36. The summed E-state index contributed by atoms with van der Waals surface area (Å²) in [6.07, 6.45) is 3.25. The van der Waals surface area contributed by atoms with Crippen molar-refractivity contribution >= 4 is 22.2 Å². The predicted molar refractivity (Wildman–Crippen MR) is 58.5 cm³/mol. The fourth-order valence-electron chi connectivity index (χ4n) is 1.97. The number of aldehydes is 1. The molecule has 2 heterocycles. The Kier molecular flexibility index (Phi) is 2.98. The molecule has 1 aliphatic rings. The summed E-state index contributed by atoms with van der Waals surface area (Å²) >= 11 is 3.26. The number of ether oxygens (including phenoxy) is 1. The molecule has 0 bridgehead atoms. The molecule has 1 aromatic heterocycles. The zero-order valence-corrected chi connectivity index (χ0v) is 10.1. The quantitative estimate of drug-likeness (QED) is 0.777. The average molecular weight is 273 g/mol. The maximum Gasteiger partial charge on any atom is 0.169 e. The molecule has 1 aromatic rings. The Morgan fingerprint density at radius 1 is 1.60 bits per heavy atom. The monoisotopic (exact) mass is 272 g/mol. The first-order chi connectivity index (χ1) is 7.14. The Hall–Kier alpha value is -0.610. The fourth-order valence-corrected chi connectivity index (χ4v) is 2.27. The molecular weight excluding hydrogens is 260 g/mol. The van der Waals surface area contributed by atoms with Gasteiger partial charge in [-0.25, -0.2) is 0 Å². The Morgan fingerprint density at radius 2 is 2.40 bits per heavy atom. The zero-order chi connectivity index (χ0) is 10.9. The van der Waals surface area contributed by atoms with Crippen LogP contribution >= 0.6 is 15.9 Å². The van der Waals surface area contributed by atoms with Gasteiger partial charge in [0.1, 0.15) is 23.8 Å². The molecule has 2 unspecified atom stereocenters. The summed E-state index contributed by atoms with van der Waals surface area (Å²) in [5.41, 5.74) is -0.462. The number of carbonyl (C=O) groups is 1. The van der Waals surface area contributed by atoms with Crippen molar-refractivity contribution in [3.05, 3.63) is 22.6 Å². The summed E-state index contributed by atoms with van der Waals surface area (Å²) in [7, 11) is 0. The lowest BCUT2D eigenvalue weighted by Gasteiger charge is -2.35. The van der Waals surface area contributed by atoms with E-state index in [4.69, 9.17) is 9.15 Å². The van der Waals surface area contributed by atoms with Gasteiger partial charge in [-0.05, 0) is 54.2 Å². The van der Waals surface area contributed by atoms with E-state index in [0.29, 0.717) is 4.67 Å². The number of hydrogen-bond donors (Lipinski definition) is 0. The van der Waals surface area contributed by atoms with Gasteiger partial charge in [0, 0.05) is 0 Å². The molecule has 1 aliphatic heterocycles. The maximum atomic E-state index is 10.7. The van der Waals surface area contributed by atoms with Crippen molar-refractivity contribution in [2.75, 3.05) is 0 Å². The topological polar surface area (TPSA) is 39.4 Å². The van der Waals surface area contributed by atoms with Crippen LogP contribution in [0, 0.1) is 0 Å². The Morgan fingerprint density at radius 3 is 3.00 bits per heavy atom. The van der Waals surface area contributed by atoms with Gasteiger partial charge in [0.25, 0.3) is 0 Å². The van der Waals surface area contributed by atoms with Gasteiger partial charge in [-0.15, -0.1) is 0 Å². The molecule has 1 saturated heterocycles. The van der Waals surface area contributed by atoms with Crippen molar-refractivity contribution in [3.63, 3.8) is 0 Å². The summed E-state index contributed by atoms with van der Waals surface area (Å²) in [6, 6.07) is 3.73. The van der Waals surface area contributed by atoms with Crippen LogP contribution in [0.1, 0.15) is 31.9 Å². The zero-order valence-electron chi connectivity index (χ0n) is 8.53. The molecule has 0 saturated carbocycles. The third-order valence-electron chi connectivity index (χ3n) is 2.80. The minimum atomic E-state index is -0.462. The van der Waals surface area contributed by atoms with Crippen LogP contribution in [-0.4, -0.2) is 12.4 Å². The predicted octanol–water partition coefficient (Wildman–Crippen LogP) is 3.03. The van der Waals surface area contributed by atoms with E-state index in [-0.39, 0.29) is 6.10 Å². The molecule has 1 fully saturated rings. The molecule has 0 N–H and O–H groups in total. The van der Waals surface area contributed by atoms with Crippen LogP contribution in [0.3, 0.4) is 0 Å². The van der Waals surface area contributed by atoms with Gasteiger partial charge in [0.2, 0.25) is 0 Å². The van der Waals surface area contributed by atoms with Gasteiger partial charge in [-0.1, -0.05) is 0 Å². The minimum absolute atomic E-state index is 0.298. The lowest BCUT2D eigenvalue weighted by molar-refractivity contribution is -0.149. The first kappa shape index (κ1) is 10.9. The molecule has 0 aliphatic carbocycles. The van der Waals surface area contributed by atoms with Crippen LogP contribution in [-0.2, 0) is 15.1 Å². The van der Waals surface area contributed by atoms with Gasteiger partial charge in [0.05, 0.1) is 0 Å². The standard InChI is InChI=1S/C11H13BrO3/c1-11(9-4-5-10(12)14-9)6-2-3-8(7-13)15-11/h4-5,7-8H,2-3,6H2,1H3. The summed E-state index contributed by atoms with van der Waals surface area (Å²) in [5, 5.41) is 0. The maximum absolute atomic E-state index is 10.7. The van der Waals surface area contributed by atoms with Crippen LogP contribution in [0.5, 0.6) is 0 Å². The van der Waals surface area contributed by atoms with E-state index in [9.17, 15) is 4.79 Å². The Bertz CT molecular complexity index is 360. The van der Waals surface area contributed by atoms with Gasteiger partial charge in [0.15, 0.2) is 4.67 Å². The second-order valence-corrected chi connectivity index (χ2v) is 4.80. The van der Waals surface area contributed by atoms with Gasteiger partial charge < -0.3 is 13.9 Å². The van der Waals surface area contributed by atoms with Crippen molar-refractivity contribution < 1.29 is 13.9 Å². The number of furan rings is 1. The summed E-state index contributed by atoms with van der Waals surface area (Å²) < 4.78 is 11.9. The number of hydrogen-bond acceptors (Lipinski definition) is 3. The first-order valence-electron chi connectivity index (χ1n) is 5.03. The molecule has 0 radical (unpaired) electrons. The van der Waals surface area contributed by atoms with Crippen molar-refractivity contribution in [1.29, 1.82) is 0 Å². The van der Waals surface area contributed by atoms with Crippen molar-refractivity contribution in [2.24, 2.45) is 0 Å². The summed E-state index contributed by atoms with van der Waals surface area (Å²) in [4.78, 5) is 10.7. The van der Waals surface area contributed by atoms with E-state index < -0.39 is 5.60 Å². The fraction of sp³-hybridized carbons (Fsp3) is 0.545. The summed E-state index contributed by atoms with van der Waals surface area (Å²) in [6.45, 7) is 1.97. The van der Waals surface area contributed by atoms with Gasteiger partial charge in [-0.2, -0.15) is 0 Å². The molecule has 15 heavy (non-hydrogen) atoms. The highest BCUT2D eigenvalue weighted by molar-refractivity contribution is 9.10. The van der Waals surface area contributed by atoms with Crippen molar-refractivity contribution in [2.45, 2.75) is 37.9 Å². The average Bonchev–Trinajstić information content (AvgIpc) is 2.65. The molecule has 2 rings (SSSR count). The van der Waals surface area contributed by atoms with Crippen molar-refractivity contribution in [1.82, 2.24) is 0 Å². The molecule has 0 spiro atoms. The smallest absolute Gasteiger partial charge is 0.169 e. The third-order valence-corrected chi connectivity index (χ3v) is 3.23. The van der Waals surface area contributed by atoms with Crippen molar-refractivity contribution in [3.8, 4) is 0 Å². The Labute approximate surface area is 96.9 Å². The van der Waals surface area contributed by atoms with Crippen LogP contribution < -0.4 is 0 Å². The van der Waals surface area contributed by atoms with E-state index in [0.717, 1.165) is 31.3 Å². The van der Waals surface area contributed by atoms with Crippen LogP contribution in [0.25, 0.3) is 0 Å². The van der Waals surface area contributed by atoms with Crippen LogP contribution in [0.2, 0.25) is 0 Å². The van der Waals surface area contributed by atoms with E-state index in [1.807, 2.05) is 19.1 Å². The molecule has 0 aromatic carbocycles. The molecule has 2 atom stereocenters. The van der Waals surface area contributed by atoms with E-state index in [1.54, 1.807) is 0 Å². The largest absolute Gasteiger partial charge is 0.451 e.